The molecule has 1 aliphatic rings. The van der Waals surface area contributed by atoms with E-state index in [1.165, 1.54) is 19.4 Å². The third-order valence-corrected chi connectivity index (χ3v) is 5.41. The number of hydrogen-bond acceptors (Lipinski definition) is 7. The third-order valence-electron chi connectivity index (χ3n) is 5.26. The maximum atomic E-state index is 12.8. The molecule has 0 aromatic rings. The number of nitrogens with two attached hydrogens (primary N) is 1. The summed E-state index contributed by atoms with van der Waals surface area (Å²) in [4.78, 5) is 48.0. The van der Waals surface area contributed by atoms with Gasteiger partial charge in [-0.1, -0.05) is 62.8 Å². The summed E-state index contributed by atoms with van der Waals surface area (Å²) in [6, 6.07) is -0.823. The molecule has 1 rings (SSSR count). The molecule has 4 N–H and O–H groups in total. The Hall–Kier alpha value is -3.53. The summed E-state index contributed by atoms with van der Waals surface area (Å²) in [6.07, 6.45) is 12.7. The highest BCUT2D eigenvalue weighted by atomic mass is 35.5. The molecule has 0 aromatic heterocycles. The van der Waals surface area contributed by atoms with Crippen molar-refractivity contribution >= 4 is 35.5 Å². The van der Waals surface area contributed by atoms with E-state index in [0.29, 0.717) is 30.7 Å². The van der Waals surface area contributed by atoms with Gasteiger partial charge in [0.1, 0.15) is 18.2 Å². The second-order valence-electron chi connectivity index (χ2n) is 9.60. The summed E-state index contributed by atoms with van der Waals surface area (Å²) >= 11 is 5.82. The van der Waals surface area contributed by atoms with E-state index >= 15 is 0 Å². The third kappa shape index (κ3) is 13.1. The summed E-state index contributed by atoms with van der Waals surface area (Å²) < 4.78 is 15.2. The number of esters is 1. The molecular formula is C27H38ClN3O7. The van der Waals surface area contributed by atoms with Crippen LogP contribution in [0.3, 0.4) is 0 Å². The number of primary amides is 1. The fourth-order valence-corrected chi connectivity index (χ4v) is 3.39. The number of ether oxygens (including phenoxy) is 3. The number of carbonyl (C=O) groups excluding carboxylic acids is 4. The minimum atomic E-state index is -0.901. The smallest absolute Gasteiger partial charge is 0.404 e. The lowest BCUT2D eigenvalue weighted by molar-refractivity contribution is -0.149. The Kier molecular flexibility index (Phi) is 14.0. The van der Waals surface area contributed by atoms with Gasteiger partial charge < -0.3 is 30.6 Å². The van der Waals surface area contributed by atoms with Crippen LogP contribution < -0.4 is 16.4 Å². The Morgan fingerprint density at radius 2 is 1.95 bits per heavy atom. The average Bonchev–Trinajstić information content (AvgIpc) is 2.82. The highest BCUT2D eigenvalue weighted by molar-refractivity contribution is 6.29. The van der Waals surface area contributed by atoms with E-state index in [0.717, 1.165) is 0 Å². The molecule has 1 aliphatic heterocycles. The summed E-state index contributed by atoms with van der Waals surface area (Å²) in [7, 11) is 1.41. The second kappa shape index (κ2) is 16.3. The molecule has 0 saturated heterocycles. The van der Waals surface area contributed by atoms with Gasteiger partial charge in [-0.2, -0.15) is 0 Å². The van der Waals surface area contributed by atoms with Crippen LogP contribution in [0.25, 0.3) is 0 Å². The molecule has 10 nitrogen and oxygen atoms in total. The number of nitrogens with one attached hydrogen (secondary N) is 2. The van der Waals surface area contributed by atoms with Crippen molar-refractivity contribution in [1.82, 2.24) is 10.6 Å². The predicted molar refractivity (Wildman–Crippen MR) is 144 cm³/mol. The molecule has 0 aromatic carbocycles. The first kappa shape index (κ1) is 32.5. The molecule has 1 heterocycles. The van der Waals surface area contributed by atoms with Gasteiger partial charge in [-0.3, -0.25) is 9.59 Å². The fraction of sp³-hybridized carbons (Fsp3) is 0.481. The van der Waals surface area contributed by atoms with Gasteiger partial charge in [-0.05, 0) is 24.6 Å². The first-order valence-corrected chi connectivity index (χ1v) is 12.5. The number of carbonyl (C=O) groups is 4. The summed E-state index contributed by atoms with van der Waals surface area (Å²) in [5.74, 6) is -1.14. The lowest BCUT2D eigenvalue weighted by Crippen LogP contribution is -2.52. The fourth-order valence-electron chi connectivity index (χ4n) is 3.30. The molecular weight excluding hydrogens is 514 g/mol. The van der Waals surface area contributed by atoms with Gasteiger partial charge in [0.2, 0.25) is 11.8 Å². The van der Waals surface area contributed by atoms with Crippen LogP contribution in [0.5, 0.6) is 0 Å². The molecule has 3 atom stereocenters. The molecule has 0 fully saturated rings. The Balaban J connectivity index is 2.61. The Bertz CT molecular complexity index is 989. The zero-order valence-corrected chi connectivity index (χ0v) is 23.2. The number of hydrogen-bond donors (Lipinski definition) is 3. The standard InChI is InChI=1S/C27H38ClN3O7/c1-18(28)13-14-20(38-26(29)35)11-9-17-30-24(33)23(27(2,3)4)31-22(32)12-8-6-7-10-19-15-16-21(36-5)25(34)37-19/h6-9,12-13,16-17,19-20,23H,10-11,14-15H2,1-5H3,(H2,29,35)(H,30,33)(H,31,32)/b7-6-,12-8-,17-9-,18-13+. The van der Waals surface area contributed by atoms with E-state index < -0.39 is 41.4 Å². The van der Waals surface area contributed by atoms with Gasteiger partial charge in [-0.25, -0.2) is 9.59 Å². The van der Waals surface area contributed by atoms with Gasteiger partial charge in [-0.15, -0.1) is 0 Å². The second-order valence-corrected chi connectivity index (χ2v) is 10.2. The summed E-state index contributed by atoms with van der Waals surface area (Å²) in [5, 5.41) is 5.93. The van der Waals surface area contributed by atoms with Crippen molar-refractivity contribution in [3.8, 4) is 0 Å². The number of rotatable bonds is 13. The molecule has 0 aliphatic carbocycles. The van der Waals surface area contributed by atoms with E-state index in [2.05, 4.69) is 10.6 Å². The van der Waals surface area contributed by atoms with E-state index in [4.69, 9.17) is 31.5 Å². The first-order chi connectivity index (χ1) is 17.8. The zero-order chi connectivity index (χ0) is 28.7. The molecule has 11 heteroatoms. The van der Waals surface area contributed by atoms with Crippen LogP contribution in [-0.4, -0.2) is 49.2 Å². The van der Waals surface area contributed by atoms with Crippen LogP contribution >= 0.6 is 11.6 Å². The number of amides is 3. The monoisotopic (exact) mass is 551 g/mol. The topological polar surface area (TPSA) is 146 Å². The highest BCUT2D eigenvalue weighted by Gasteiger charge is 2.32. The minimum absolute atomic E-state index is 0.200. The number of cyclic esters (lactones) is 1. The van der Waals surface area contributed by atoms with Crippen molar-refractivity contribution in [2.45, 2.75) is 71.6 Å². The molecule has 0 saturated carbocycles. The van der Waals surface area contributed by atoms with Crippen LogP contribution in [0.2, 0.25) is 0 Å². The highest BCUT2D eigenvalue weighted by Crippen LogP contribution is 2.20. The average molecular weight is 552 g/mol. The molecule has 3 unspecified atom stereocenters. The molecule has 0 radical (unpaired) electrons. The quantitative estimate of drug-likeness (QED) is 0.179. The number of allylic oxidation sites excluding steroid dienone is 3. The molecule has 0 bridgehead atoms. The normalized spacial score (nSPS) is 18.2. The molecule has 38 heavy (non-hydrogen) atoms. The van der Waals surface area contributed by atoms with Crippen LogP contribution in [0.4, 0.5) is 4.79 Å². The van der Waals surface area contributed by atoms with E-state index in [9.17, 15) is 19.2 Å². The van der Waals surface area contributed by atoms with Gasteiger partial charge in [0, 0.05) is 36.8 Å². The van der Waals surface area contributed by atoms with Crippen molar-refractivity contribution in [2.75, 3.05) is 7.11 Å². The van der Waals surface area contributed by atoms with E-state index in [1.54, 1.807) is 43.4 Å². The van der Waals surface area contributed by atoms with Crippen LogP contribution in [-0.2, 0) is 28.6 Å². The Labute approximate surface area is 229 Å². The van der Waals surface area contributed by atoms with Crippen molar-refractivity contribution in [1.29, 1.82) is 0 Å². The Morgan fingerprint density at radius 3 is 2.53 bits per heavy atom. The first-order valence-electron chi connectivity index (χ1n) is 12.2. The van der Waals surface area contributed by atoms with Crippen molar-refractivity contribution in [2.24, 2.45) is 11.1 Å². The largest absolute Gasteiger partial charge is 0.490 e. The lowest BCUT2D eigenvalue weighted by Gasteiger charge is -2.29. The summed E-state index contributed by atoms with van der Waals surface area (Å²) in [5.41, 5.74) is 4.53. The predicted octanol–water partition coefficient (Wildman–Crippen LogP) is 3.88. The van der Waals surface area contributed by atoms with Gasteiger partial charge in [0.15, 0.2) is 5.76 Å². The maximum absolute atomic E-state index is 12.8. The lowest BCUT2D eigenvalue weighted by atomic mass is 9.86. The van der Waals surface area contributed by atoms with Crippen molar-refractivity contribution < 1.29 is 33.4 Å². The Morgan fingerprint density at radius 1 is 1.24 bits per heavy atom. The van der Waals surface area contributed by atoms with Crippen LogP contribution in [0.15, 0.2) is 59.5 Å². The van der Waals surface area contributed by atoms with Crippen LogP contribution in [0.1, 0.15) is 53.4 Å². The van der Waals surface area contributed by atoms with E-state index in [-0.39, 0.29) is 11.9 Å². The van der Waals surface area contributed by atoms with Crippen molar-refractivity contribution in [3.63, 3.8) is 0 Å². The van der Waals surface area contributed by atoms with Gasteiger partial charge >= 0.3 is 12.1 Å². The number of methoxy groups -OCH3 is 1. The molecule has 3 amide bonds. The van der Waals surface area contributed by atoms with Gasteiger partial charge in [0.05, 0.1) is 7.11 Å². The van der Waals surface area contributed by atoms with Gasteiger partial charge in [0.25, 0.3) is 0 Å². The maximum Gasteiger partial charge on any atom is 0.404 e. The summed E-state index contributed by atoms with van der Waals surface area (Å²) in [6.45, 7) is 7.20. The molecule has 210 valence electrons. The van der Waals surface area contributed by atoms with E-state index in [1.807, 2.05) is 20.8 Å². The SMILES string of the molecule is COC1=CCC(C/C=C\C=C/C(=O)NC(C(=O)N/C=C\CC(C/C=C(\C)Cl)OC(N)=O)C(C)(C)C)OC1=O. The van der Waals surface area contributed by atoms with Crippen molar-refractivity contribution in [3.05, 3.63) is 59.5 Å². The minimum Gasteiger partial charge on any atom is -0.490 e. The molecule has 0 spiro atoms. The number of halogens is 1. The van der Waals surface area contributed by atoms with Crippen LogP contribution in [0, 0.1) is 5.41 Å². The zero-order valence-electron chi connectivity index (χ0n) is 22.5.